The molecule has 6 rings (SSSR count). The second-order valence-corrected chi connectivity index (χ2v) is 11.3. The average Bonchev–Trinajstić information content (AvgIpc) is 3.60. The number of hydrogen-bond donors (Lipinski definition) is 2. The lowest BCUT2D eigenvalue weighted by Crippen LogP contribution is -2.44. The number of hydrogen-bond acceptors (Lipinski definition) is 5. The van der Waals surface area contributed by atoms with Crippen LogP contribution in [0.4, 0.5) is 11.4 Å². The first-order valence-electron chi connectivity index (χ1n) is 14.0. The predicted octanol–water partition coefficient (Wildman–Crippen LogP) is 5.93. The minimum absolute atomic E-state index is 0.584. The number of fused-ring (bicyclic) bond motifs is 2. The lowest BCUT2D eigenvalue weighted by Gasteiger charge is -2.34. The lowest BCUT2D eigenvalue weighted by molar-refractivity contribution is 0.313. The van der Waals surface area contributed by atoms with Crippen molar-refractivity contribution in [2.24, 2.45) is 0 Å². The molecule has 0 aliphatic carbocycles. The number of anilines is 2. The number of likely N-dealkylation sites (N-methyl/N-ethyl adjacent to an activating group) is 1. The Morgan fingerprint density at radius 2 is 1.48 bits per heavy atom. The molecule has 7 nitrogen and oxygen atoms in total. The molecule has 5 aromatic rings. The van der Waals surface area contributed by atoms with E-state index in [4.69, 9.17) is 33.2 Å². The Labute approximate surface area is 245 Å². The first-order valence-corrected chi connectivity index (χ1v) is 15.0. The summed E-state index contributed by atoms with van der Waals surface area (Å²) in [6, 6.07) is 21.5. The number of imidazole rings is 2. The van der Waals surface area contributed by atoms with Crippen molar-refractivity contribution >= 4 is 56.6 Å². The summed E-state index contributed by atoms with van der Waals surface area (Å²) >= 11 is 11.9. The molecule has 0 bridgehead atoms. The highest BCUT2D eigenvalue weighted by Gasteiger charge is 2.16. The summed E-state index contributed by atoms with van der Waals surface area (Å²) in [5, 5.41) is 0. The van der Waals surface area contributed by atoms with E-state index >= 15 is 0 Å². The van der Waals surface area contributed by atoms with Gasteiger partial charge in [-0.2, -0.15) is 0 Å². The van der Waals surface area contributed by atoms with E-state index in [-0.39, 0.29) is 0 Å². The summed E-state index contributed by atoms with van der Waals surface area (Å²) in [6.45, 7) is 5.87. The first kappa shape index (κ1) is 26.9. The summed E-state index contributed by atoms with van der Waals surface area (Å²) < 4.78 is 0. The molecule has 0 saturated carbocycles. The summed E-state index contributed by atoms with van der Waals surface area (Å²) in [5.41, 5.74) is 8.78. The summed E-state index contributed by atoms with van der Waals surface area (Å²) in [5.74, 6) is 3.03. The van der Waals surface area contributed by atoms with Crippen molar-refractivity contribution in [2.75, 3.05) is 67.9 Å². The number of benzene rings is 3. The Bertz CT molecular complexity index is 1560. The quantitative estimate of drug-likeness (QED) is 0.202. The molecule has 0 unspecified atom stereocenters. The minimum Gasteiger partial charge on any atom is -0.369 e. The minimum atomic E-state index is 0.584. The number of H-pyrrole nitrogens is 2. The molecule has 3 heterocycles. The van der Waals surface area contributed by atoms with Crippen LogP contribution in [0.2, 0.25) is 0 Å². The molecule has 9 heteroatoms. The molecule has 1 saturated heterocycles. The third kappa shape index (κ3) is 5.92. The molecule has 1 aliphatic rings. The van der Waals surface area contributed by atoms with Crippen LogP contribution in [0, 0.1) is 0 Å². The van der Waals surface area contributed by atoms with Crippen molar-refractivity contribution in [2.45, 2.75) is 12.8 Å². The van der Waals surface area contributed by atoms with E-state index in [1.807, 2.05) is 0 Å². The van der Waals surface area contributed by atoms with E-state index in [0.717, 1.165) is 97.1 Å². The van der Waals surface area contributed by atoms with E-state index in [0.29, 0.717) is 11.8 Å². The monoisotopic (exact) mass is 575 g/mol. The van der Waals surface area contributed by atoms with Gasteiger partial charge >= 0.3 is 0 Å². The fourth-order valence-electron chi connectivity index (χ4n) is 5.43. The zero-order valence-electron chi connectivity index (χ0n) is 22.8. The summed E-state index contributed by atoms with van der Waals surface area (Å²) in [7, 11) is 2.18. The Morgan fingerprint density at radius 3 is 2.23 bits per heavy atom. The molecule has 0 amide bonds. The van der Waals surface area contributed by atoms with Gasteiger partial charge in [-0.25, -0.2) is 9.97 Å². The molecule has 40 heavy (non-hydrogen) atoms. The smallest absolute Gasteiger partial charge is 0.138 e. The van der Waals surface area contributed by atoms with Gasteiger partial charge in [0.1, 0.15) is 11.6 Å². The van der Waals surface area contributed by atoms with Gasteiger partial charge in [0, 0.05) is 74.4 Å². The highest BCUT2D eigenvalue weighted by Crippen LogP contribution is 2.27. The Morgan fingerprint density at radius 1 is 0.775 bits per heavy atom. The summed E-state index contributed by atoms with van der Waals surface area (Å²) in [4.78, 5) is 23.8. The molecule has 0 atom stereocenters. The van der Waals surface area contributed by atoms with Crippen molar-refractivity contribution in [1.29, 1.82) is 0 Å². The molecule has 3 aromatic carbocycles. The SMILES string of the molecule is CN1CCN(c2ccc3nc(-c4ccc5nc(CCc6ccc(N(CCCl)CCCl)cc6)[nH]c5c4)[nH]c3c2)CC1. The third-order valence-electron chi connectivity index (χ3n) is 7.80. The second-order valence-electron chi connectivity index (χ2n) is 10.5. The van der Waals surface area contributed by atoms with Crippen LogP contribution in [0.1, 0.15) is 11.4 Å². The fourth-order valence-corrected chi connectivity index (χ4v) is 5.84. The van der Waals surface area contributed by atoms with Crippen molar-refractivity contribution < 1.29 is 0 Å². The number of halogens is 2. The topological polar surface area (TPSA) is 67.1 Å². The van der Waals surface area contributed by atoms with Gasteiger partial charge in [-0.05, 0) is 67.6 Å². The van der Waals surface area contributed by atoms with Gasteiger partial charge in [0.25, 0.3) is 0 Å². The first-order chi connectivity index (χ1) is 19.6. The predicted molar refractivity (Wildman–Crippen MR) is 168 cm³/mol. The maximum atomic E-state index is 5.96. The van der Waals surface area contributed by atoms with Crippen molar-refractivity contribution in [3.63, 3.8) is 0 Å². The standard InChI is InChI=1S/C31H35Cl2N7/c1-38-16-18-40(19-17-38)25-8-10-27-29(21-25)37-31(36-27)23-5-9-26-28(20-23)35-30(34-26)11-4-22-2-6-24(7-3-22)39(14-12-32)15-13-33/h2-3,5-10,20-21H,4,11-19H2,1H3,(H,34,35)(H,36,37). The van der Waals surface area contributed by atoms with Crippen LogP contribution in [-0.4, -0.2) is 82.9 Å². The van der Waals surface area contributed by atoms with Crippen molar-refractivity contribution in [3.05, 3.63) is 72.1 Å². The van der Waals surface area contributed by atoms with Crippen molar-refractivity contribution in [1.82, 2.24) is 24.8 Å². The van der Waals surface area contributed by atoms with Crippen LogP contribution in [0.3, 0.4) is 0 Å². The number of nitrogens with one attached hydrogen (secondary N) is 2. The largest absolute Gasteiger partial charge is 0.369 e. The van der Waals surface area contributed by atoms with Gasteiger partial charge in [-0.3, -0.25) is 0 Å². The van der Waals surface area contributed by atoms with E-state index in [1.165, 1.54) is 11.3 Å². The molecular formula is C31H35Cl2N7. The van der Waals surface area contributed by atoms with E-state index in [1.54, 1.807) is 0 Å². The number of piperazine rings is 1. The van der Waals surface area contributed by atoms with E-state index < -0.39 is 0 Å². The van der Waals surface area contributed by atoms with Crippen LogP contribution in [0.25, 0.3) is 33.5 Å². The zero-order valence-corrected chi connectivity index (χ0v) is 24.3. The Balaban J connectivity index is 1.14. The zero-order chi connectivity index (χ0) is 27.5. The normalized spacial score (nSPS) is 14.4. The van der Waals surface area contributed by atoms with Crippen LogP contribution in [0.15, 0.2) is 60.7 Å². The van der Waals surface area contributed by atoms with Crippen molar-refractivity contribution in [3.8, 4) is 11.4 Å². The number of nitrogens with zero attached hydrogens (tertiary/aromatic N) is 5. The van der Waals surface area contributed by atoms with Gasteiger partial charge < -0.3 is 24.7 Å². The van der Waals surface area contributed by atoms with Gasteiger partial charge in [0.2, 0.25) is 0 Å². The van der Waals surface area contributed by atoms with Gasteiger partial charge in [-0.1, -0.05) is 12.1 Å². The number of alkyl halides is 2. The highest BCUT2D eigenvalue weighted by atomic mass is 35.5. The molecule has 208 valence electrons. The summed E-state index contributed by atoms with van der Waals surface area (Å²) in [6.07, 6.45) is 1.76. The molecular weight excluding hydrogens is 541 g/mol. The van der Waals surface area contributed by atoms with Gasteiger partial charge in [0.15, 0.2) is 0 Å². The van der Waals surface area contributed by atoms with Gasteiger partial charge in [-0.15, -0.1) is 23.2 Å². The average molecular weight is 577 g/mol. The third-order valence-corrected chi connectivity index (χ3v) is 8.14. The molecule has 0 spiro atoms. The number of aromatic amines is 2. The van der Waals surface area contributed by atoms with Crippen LogP contribution >= 0.6 is 23.2 Å². The number of rotatable bonds is 10. The number of aryl methyl sites for hydroxylation is 2. The Kier molecular flexibility index (Phi) is 8.14. The lowest BCUT2D eigenvalue weighted by atomic mass is 10.1. The Hall–Kier alpha value is -3.26. The molecule has 1 fully saturated rings. The van der Waals surface area contributed by atoms with E-state index in [9.17, 15) is 0 Å². The van der Waals surface area contributed by atoms with Crippen LogP contribution in [0.5, 0.6) is 0 Å². The fraction of sp³-hybridized carbons (Fsp3) is 0.355. The highest BCUT2D eigenvalue weighted by molar-refractivity contribution is 6.18. The second kappa shape index (κ2) is 12.1. The van der Waals surface area contributed by atoms with Crippen LogP contribution < -0.4 is 9.80 Å². The molecule has 1 aliphatic heterocycles. The molecule has 0 radical (unpaired) electrons. The molecule has 2 N–H and O–H groups in total. The maximum Gasteiger partial charge on any atom is 0.138 e. The van der Waals surface area contributed by atoms with Crippen LogP contribution in [-0.2, 0) is 12.8 Å². The van der Waals surface area contributed by atoms with E-state index in [2.05, 4.69) is 92.4 Å². The molecule has 2 aromatic heterocycles. The maximum absolute atomic E-state index is 5.96. The van der Waals surface area contributed by atoms with Gasteiger partial charge in [0.05, 0.1) is 22.1 Å². The number of aromatic nitrogens is 4.